The molecule has 0 aliphatic carbocycles. The van der Waals surface area contributed by atoms with Gasteiger partial charge < -0.3 is 19.3 Å². The second-order valence-corrected chi connectivity index (χ2v) is 8.92. The standard InChI is InChI=1S/C21H26N2O4S2/c1-12-13(2)29-21-19(12)20(22-14(3)23-21)28-11-16(24)10-27-9-15-6-7-17(25-4)18(8-15)26-5/h6-8,16,24H,9-11H2,1-5H3. The number of benzene rings is 1. The summed E-state index contributed by atoms with van der Waals surface area (Å²) in [5.74, 6) is 2.60. The Kier molecular flexibility index (Phi) is 7.34. The first-order valence-electron chi connectivity index (χ1n) is 9.26. The summed E-state index contributed by atoms with van der Waals surface area (Å²) in [5, 5.41) is 12.4. The molecule has 0 bridgehead atoms. The van der Waals surface area contributed by atoms with Gasteiger partial charge in [0.2, 0.25) is 0 Å². The van der Waals surface area contributed by atoms with Crippen molar-refractivity contribution in [2.75, 3.05) is 26.6 Å². The van der Waals surface area contributed by atoms with Crippen molar-refractivity contribution >= 4 is 33.3 Å². The van der Waals surface area contributed by atoms with E-state index in [1.54, 1.807) is 37.3 Å². The van der Waals surface area contributed by atoms with E-state index < -0.39 is 6.10 Å². The normalized spacial score (nSPS) is 12.3. The van der Waals surface area contributed by atoms with Crippen LogP contribution in [0.1, 0.15) is 21.8 Å². The van der Waals surface area contributed by atoms with E-state index in [1.807, 2.05) is 25.1 Å². The molecule has 0 spiro atoms. The molecular formula is C21H26N2O4S2. The Bertz CT molecular complexity index is 990. The number of nitrogens with zero attached hydrogens (tertiary/aromatic N) is 2. The van der Waals surface area contributed by atoms with Crippen molar-refractivity contribution in [3.63, 3.8) is 0 Å². The second kappa shape index (κ2) is 9.75. The van der Waals surface area contributed by atoms with Gasteiger partial charge in [-0.15, -0.1) is 23.1 Å². The molecule has 29 heavy (non-hydrogen) atoms. The van der Waals surface area contributed by atoms with Crippen molar-refractivity contribution in [2.24, 2.45) is 0 Å². The fourth-order valence-corrected chi connectivity index (χ4v) is 5.10. The van der Waals surface area contributed by atoms with Crippen molar-refractivity contribution in [1.82, 2.24) is 9.97 Å². The molecule has 1 atom stereocenters. The molecule has 0 aliphatic rings. The average molecular weight is 435 g/mol. The zero-order valence-corrected chi connectivity index (χ0v) is 18.9. The average Bonchev–Trinajstić information content (AvgIpc) is 2.99. The number of rotatable bonds is 9. The molecule has 1 unspecified atom stereocenters. The number of aliphatic hydroxyl groups excluding tert-OH is 1. The molecule has 8 heteroatoms. The predicted molar refractivity (Wildman–Crippen MR) is 118 cm³/mol. The van der Waals surface area contributed by atoms with Crippen LogP contribution in [0.2, 0.25) is 0 Å². The van der Waals surface area contributed by atoms with Crippen LogP contribution in [0.3, 0.4) is 0 Å². The van der Waals surface area contributed by atoms with Crippen molar-refractivity contribution < 1.29 is 19.3 Å². The number of ether oxygens (including phenoxy) is 3. The number of fused-ring (bicyclic) bond motifs is 1. The maximum Gasteiger partial charge on any atom is 0.161 e. The summed E-state index contributed by atoms with van der Waals surface area (Å²) in [6.45, 7) is 6.73. The van der Waals surface area contributed by atoms with Gasteiger partial charge >= 0.3 is 0 Å². The highest BCUT2D eigenvalue weighted by Gasteiger charge is 2.15. The first-order valence-corrected chi connectivity index (χ1v) is 11.1. The van der Waals surface area contributed by atoms with E-state index in [-0.39, 0.29) is 6.61 Å². The van der Waals surface area contributed by atoms with Crippen LogP contribution in [-0.2, 0) is 11.3 Å². The molecular weight excluding hydrogens is 408 g/mol. The van der Waals surface area contributed by atoms with Crippen LogP contribution in [0.15, 0.2) is 23.2 Å². The van der Waals surface area contributed by atoms with Gasteiger partial charge in [0.15, 0.2) is 11.5 Å². The molecule has 1 aromatic carbocycles. The van der Waals surface area contributed by atoms with Gasteiger partial charge in [0.1, 0.15) is 15.7 Å². The van der Waals surface area contributed by atoms with Crippen LogP contribution in [0.4, 0.5) is 0 Å². The number of aryl methyl sites for hydroxylation is 3. The lowest BCUT2D eigenvalue weighted by atomic mass is 10.2. The number of thiophene rings is 1. The van der Waals surface area contributed by atoms with E-state index in [9.17, 15) is 5.11 Å². The van der Waals surface area contributed by atoms with E-state index in [1.165, 1.54) is 10.4 Å². The van der Waals surface area contributed by atoms with Crippen molar-refractivity contribution in [3.8, 4) is 11.5 Å². The minimum atomic E-state index is -0.592. The molecule has 1 N–H and O–H groups in total. The van der Waals surface area contributed by atoms with Crippen molar-refractivity contribution in [1.29, 1.82) is 0 Å². The Balaban J connectivity index is 1.56. The third kappa shape index (κ3) is 5.19. The zero-order chi connectivity index (χ0) is 21.0. The number of aromatic nitrogens is 2. The molecule has 0 saturated heterocycles. The van der Waals surface area contributed by atoms with Gasteiger partial charge in [-0.1, -0.05) is 6.07 Å². The van der Waals surface area contributed by atoms with Gasteiger partial charge in [-0.2, -0.15) is 0 Å². The zero-order valence-electron chi connectivity index (χ0n) is 17.3. The number of hydrogen-bond donors (Lipinski definition) is 1. The Morgan fingerprint density at radius 3 is 2.59 bits per heavy atom. The number of thioether (sulfide) groups is 1. The predicted octanol–water partition coefficient (Wildman–Crippen LogP) is 4.30. The molecule has 2 heterocycles. The van der Waals surface area contributed by atoms with Gasteiger partial charge in [0.25, 0.3) is 0 Å². The quantitative estimate of drug-likeness (QED) is 0.397. The maximum absolute atomic E-state index is 10.4. The molecule has 0 radical (unpaired) electrons. The van der Waals surface area contributed by atoms with Crippen LogP contribution in [-0.4, -0.2) is 47.8 Å². The Hall–Kier alpha value is -1.87. The van der Waals surface area contributed by atoms with Crippen LogP contribution in [0.5, 0.6) is 11.5 Å². The van der Waals surface area contributed by atoms with E-state index in [4.69, 9.17) is 14.2 Å². The van der Waals surface area contributed by atoms with Crippen LogP contribution < -0.4 is 9.47 Å². The number of aliphatic hydroxyl groups is 1. The molecule has 0 aliphatic heterocycles. The summed E-state index contributed by atoms with van der Waals surface area (Å²) in [4.78, 5) is 11.4. The molecule has 3 rings (SSSR count). The number of hydrogen-bond acceptors (Lipinski definition) is 8. The molecule has 156 valence electrons. The lowest BCUT2D eigenvalue weighted by Gasteiger charge is -2.13. The van der Waals surface area contributed by atoms with E-state index >= 15 is 0 Å². The lowest BCUT2D eigenvalue weighted by Crippen LogP contribution is -2.18. The minimum Gasteiger partial charge on any atom is -0.493 e. The van der Waals surface area contributed by atoms with Gasteiger partial charge in [-0.3, -0.25) is 0 Å². The van der Waals surface area contributed by atoms with Crippen LogP contribution in [0, 0.1) is 20.8 Å². The molecule has 0 saturated carbocycles. The van der Waals surface area contributed by atoms with Crippen LogP contribution in [0.25, 0.3) is 10.2 Å². The minimum absolute atomic E-state index is 0.246. The third-order valence-electron chi connectivity index (χ3n) is 4.55. The SMILES string of the molecule is COc1ccc(COCC(O)CSc2nc(C)nc3sc(C)c(C)c23)cc1OC. The summed E-state index contributed by atoms with van der Waals surface area (Å²) >= 11 is 3.23. The summed E-state index contributed by atoms with van der Waals surface area (Å²) in [6.07, 6.45) is -0.592. The monoisotopic (exact) mass is 434 g/mol. The van der Waals surface area contributed by atoms with Crippen LogP contribution >= 0.6 is 23.1 Å². The van der Waals surface area contributed by atoms with E-state index in [2.05, 4.69) is 23.8 Å². The smallest absolute Gasteiger partial charge is 0.161 e. The summed E-state index contributed by atoms with van der Waals surface area (Å²) in [7, 11) is 3.21. The van der Waals surface area contributed by atoms with Gasteiger partial charge in [0, 0.05) is 16.0 Å². The summed E-state index contributed by atoms with van der Waals surface area (Å²) in [5.41, 5.74) is 2.17. The summed E-state index contributed by atoms with van der Waals surface area (Å²) < 4.78 is 16.2. The largest absolute Gasteiger partial charge is 0.493 e. The highest BCUT2D eigenvalue weighted by molar-refractivity contribution is 7.99. The highest BCUT2D eigenvalue weighted by atomic mass is 32.2. The molecule has 3 aromatic rings. The number of methoxy groups -OCH3 is 2. The highest BCUT2D eigenvalue weighted by Crippen LogP contribution is 2.35. The molecule has 6 nitrogen and oxygen atoms in total. The fourth-order valence-electron chi connectivity index (χ4n) is 2.93. The Labute approximate surface area is 179 Å². The van der Waals surface area contributed by atoms with E-state index in [0.29, 0.717) is 23.9 Å². The second-order valence-electron chi connectivity index (χ2n) is 6.71. The van der Waals surface area contributed by atoms with E-state index in [0.717, 1.165) is 26.6 Å². The first kappa shape index (κ1) is 21.8. The van der Waals surface area contributed by atoms with Gasteiger partial charge in [-0.25, -0.2) is 9.97 Å². The van der Waals surface area contributed by atoms with Crippen molar-refractivity contribution in [3.05, 3.63) is 40.0 Å². The fraction of sp³-hybridized carbons (Fsp3) is 0.429. The van der Waals surface area contributed by atoms with Gasteiger partial charge in [-0.05, 0) is 44.0 Å². The molecule has 0 amide bonds. The summed E-state index contributed by atoms with van der Waals surface area (Å²) in [6, 6.07) is 5.64. The maximum atomic E-state index is 10.4. The topological polar surface area (TPSA) is 73.7 Å². The lowest BCUT2D eigenvalue weighted by molar-refractivity contribution is 0.0397. The van der Waals surface area contributed by atoms with Gasteiger partial charge in [0.05, 0.1) is 33.5 Å². The molecule has 0 fully saturated rings. The van der Waals surface area contributed by atoms with Crippen molar-refractivity contribution in [2.45, 2.75) is 38.5 Å². The third-order valence-corrected chi connectivity index (χ3v) is 6.77. The Morgan fingerprint density at radius 2 is 1.86 bits per heavy atom. The Morgan fingerprint density at radius 1 is 1.10 bits per heavy atom. The first-order chi connectivity index (χ1) is 13.9. The molecule has 2 aromatic heterocycles.